The summed E-state index contributed by atoms with van der Waals surface area (Å²) in [5, 5.41) is 0. The number of piperidine rings is 1. The van der Waals surface area contributed by atoms with Crippen molar-refractivity contribution in [1.82, 2.24) is 14.5 Å². The largest absolute Gasteiger partial charge is 0.342 e. The molecular formula is C18H30N4O. The van der Waals surface area contributed by atoms with Crippen molar-refractivity contribution in [3.05, 3.63) is 18.2 Å². The summed E-state index contributed by atoms with van der Waals surface area (Å²) >= 11 is 0. The Kier molecular flexibility index (Phi) is 5.05. The van der Waals surface area contributed by atoms with Crippen molar-refractivity contribution in [2.24, 2.45) is 11.7 Å². The van der Waals surface area contributed by atoms with Crippen molar-refractivity contribution in [2.45, 2.75) is 70.4 Å². The second kappa shape index (κ2) is 7.04. The predicted octanol–water partition coefficient (Wildman–Crippen LogP) is 2.69. The lowest BCUT2D eigenvalue weighted by Crippen LogP contribution is -2.44. The highest BCUT2D eigenvalue weighted by atomic mass is 16.2. The van der Waals surface area contributed by atoms with Gasteiger partial charge in [-0.3, -0.25) is 4.79 Å². The van der Waals surface area contributed by atoms with Crippen LogP contribution in [0.5, 0.6) is 0 Å². The highest BCUT2D eigenvalue weighted by Crippen LogP contribution is 2.31. The topological polar surface area (TPSA) is 64.2 Å². The third kappa shape index (κ3) is 3.60. The predicted molar refractivity (Wildman–Crippen MR) is 91.1 cm³/mol. The van der Waals surface area contributed by atoms with Crippen molar-refractivity contribution < 1.29 is 4.79 Å². The minimum Gasteiger partial charge on any atom is -0.342 e. The van der Waals surface area contributed by atoms with Crippen LogP contribution in [0, 0.1) is 5.92 Å². The molecule has 3 rings (SSSR count). The van der Waals surface area contributed by atoms with Crippen LogP contribution < -0.4 is 5.73 Å². The molecule has 128 valence electrons. The minimum atomic E-state index is 0.160. The number of likely N-dealkylation sites (tertiary alicyclic amines) is 1. The van der Waals surface area contributed by atoms with E-state index in [1.807, 2.05) is 6.20 Å². The fraction of sp³-hybridized carbons (Fsp3) is 0.778. The molecule has 2 aliphatic rings. The molecule has 1 amide bonds. The number of amides is 1. The molecule has 1 aromatic rings. The van der Waals surface area contributed by atoms with E-state index in [2.05, 4.69) is 34.5 Å². The zero-order valence-corrected chi connectivity index (χ0v) is 14.4. The summed E-state index contributed by atoms with van der Waals surface area (Å²) in [5.74, 6) is 2.16. The molecule has 0 spiro atoms. The number of aromatic nitrogens is 2. The van der Waals surface area contributed by atoms with Gasteiger partial charge in [0.2, 0.25) is 5.91 Å². The van der Waals surface area contributed by atoms with E-state index in [4.69, 9.17) is 5.73 Å². The lowest BCUT2D eigenvalue weighted by Gasteiger charge is -2.36. The molecule has 2 fully saturated rings. The number of nitrogens with zero attached hydrogens (tertiary/aromatic N) is 3. The lowest BCUT2D eigenvalue weighted by molar-refractivity contribution is -0.137. The summed E-state index contributed by atoms with van der Waals surface area (Å²) in [6.45, 7) is 6.10. The van der Waals surface area contributed by atoms with E-state index < -0.39 is 0 Å². The molecule has 2 atom stereocenters. The summed E-state index contributed by atoms with van der Waals surface area (Å²) < 4.78 is 2.27. The number of hydrogen-bond donors (Lipinski definition) is 1. The van der Waals surface area contributed by atoms with Crippen molar-refractivity contribution >= 4 is 5.91 Å². The van der Waals surface area contributed by atoms with Crippen LogP contribution in [-0.4, -0.2) is 39.5 Å². The Morgan fingerprint density at radius 2 is 2.00 bits per heavy atom. The van der Waals surface area contributed by atoms with Crippen LogP contribution >= 0.6 is 0 Å². The van der Waals surface area contributed by atoms with E-state index in [1.54, 1.807) is 0 Å². The molecule has 0 aromatic carbocycles. The van der Waals surface area contributed by atoms with Crippen LogP contribution in [0.3, 0.4) is 0 Å². The molecule has 23 heavy (non-hydrogen) atoms. The molecule has 2 N–H and O–H groups in total. The standard InChI is InChI=1S/C18H30N4O/c1-13(2)22-11-8-20-17(22)14-6-9-21(10-7-14)18(23)15-4-3-5-16(19)12-15/h8,11,13-16H,3-7,9-10,12,19H2,1-2H3/t15-,16+/m1/s1. The van der Waals surface area contributed by atoms with Crippen LogP contribution in [-0.2, 0) is 4.79 Å². The zero-order chi connectivity index (χ0) is 16.4. The number of rotatable bonds is 3. The third-order valence-electron chi connectivity index (χ3n) is 5.49. The highest BCUT2D eigenvalue weighted by molar-refractivity contribution is 5.79. The normalized spacial score (nSPS) is 26.7. The summed E-state index contributed by atoms with van der Waals surface area (Å²) in [5.41, 5.74) is 6.04. The lowest BCUT2D eigenvalue weighted by atomic mass is 9.84. The van der Waals surface area contributed by atoms with Crippen molar-refractivity contribution in [1.29, 1.82) is 0 Å². The molecule has 5 heteroatoms. The quantitative estimate of drug-likeness (QED) is 0.932. The maximum absolute atomic E-state index is 12.7. The average molecular weight is 318 g/mol. The monoisotopic (exact) mass is 318 g/mol. The van der Waals surface area contributed by atoms with Gasteiger partial charge in [0.05, 0.1) is 0 Å². The second-order valence-electron chi connectivity index (χ2n) is 7.51. The van der Waals surface area contributed by atoms with Gasteiger partial charge < -0.3 is 15.2 Å². The van der Waals surface area contributed by atoms with Crippen molar-refractivity contribution in [2.75, 3.05) is 13.1 Å². The van der Waals surface area contributed by atoms with E-state index in [0.29, 0.717) is 17.9 Å². The number of hydrogen-bond acceptors (Lipinski definition) is 3. The van der Waals surface area contributed by atoms with Crippen molar-refractivity contribution in [3.8, 4) is 0 Å². The van der Waals surface area contributed by atoms with Gasteiger partial charge in [0.25, 0.3) is 0 Å². The van der Waals surface area contributed by atoms with Crippen LogP contribution in [0.25, 0.3) is 0 Å². The van der Waals surface area contributed by atoms with Crippen LogP contribution in [0.1, 0.15) is 70.2 Å². The van der Waals surface area contributed by atoms with Gasteiger partial charge >= 0.3 is 0 Å². The molecule has 1 aliphatic carbocycles. The average Bonchev–Trinajstić information content (AvgIpc) is 3.04. The smallest absolute Gasteiger partial charge is 0.225 e. The summed E-state index contributed by atoms with van der Waals surface area (Å²) in [6, 6.07) is 0.657. The highest BCUT2D eigenvalue weighted by Gasteiger charge is 2.32. The number of imidazole rings is 1. The van der Waals surface area contributed by atoms with E-state index >= 15 is 0 Å². The minimum absolute atomic E-state index is 0.160. The molecule has 0 unspecified atom stereocenters. The Bertz CT molecular complexity index is 531. The maximum atomic E-state index is 12.7. The Morgan fingerprint density at radius 1 is 1.26 bits per heavy atom. The molecule has 1 saturated carbocycles. The zero-order valence-electron chi connectivity index (χ0n) is 14.4. The van der Waals surface area contributed by atoms with E-state index in [0.717, 1.165) is 51.6 Å². The summed E-state index contributed by atoms with van der Waals surface area (Å²) in [6.07, 6.45) is 10.1. The third-order valence-corrected chi connectivity index (χ3v) is 5.49. The maximum Gasteiger partial charge on any atom is 0.225 e. The van der Waals surface area contributed by atoms with Gasteiger partial charge in [-0.2, -0.15) is 0 Å². The molecule has 1 saturated heterocycles. The first-order valence-electron chi connectivity index (χ1n) is 9.13. The summed E-state index contributed by atoms with van der Waals surface area (Å²) in [7, 11) is 0. The molecule has 1 aliphatic heterocycles. The van der Waals surface area contributed by atoms with Gasteiger partial charge in [0.1, 0.15) is 5.82 Å². The molecule has 0 radical (unpaired) electrons. The van der Waals surface area contributed by atoms with Crippen LogP contribution in [0.15, 0.2) is 12.4 Å². The van der Waals surface area contributed by atoms with Crippen molar-refractivity contribution in [3.63, 3.8) is 0 Å². The van der Waals surface area contributed by atoms with Gasteiger partial charge in [0.15, 0.2) is 0 Å². The Morgan fingerprint density at radius 3 is 2.65 bits per heavy atom. The van der Waals surface area contributed by atoms with E-state index in [-0.39, 0.29) is 12.0 Å². The van der Waals surface area contributed by atoms with E-state index in [1.165, 1.54) is 5.82 Å². The molecule has 2 heterocycles. The van der Waals surface area contributed by atoms with Gasteiger partial charge in [-0.1, -0.05) is 6.42 Å². The van der Waals surface area contributed by atoms with Gasteiger partial charge in [0, 0.05) is 49.4 Å². The first kappa shape index (κ1) is 16.5. The fourth-order valence-corrected chi connectivity index (χ4v) is 4.15. The van der Waals surface area contributed by atoms with E-state index in [9.17, 15) is 4.79 Å². The van der Waals surface area contributed by atoms with Gasteiger partial charge in [-0.05, 0) is 46.0 Å². The Labute approximate surface area is 139 Å². The van der Waals surface area contributed by atoms with Crippen LogP contribution in [0.2, 0.25) is 0 Å². The first-order chi connectivity index (χ1) is 11.1. The number of nitrogens with two attached hydrogens (primary N) is 1. The Hall–Kier alpha value is -1.36. The van der Waals surface area contributed by atoms with Gasteiger partial charge in [-0.15, -0.1) is 0 Å². The Balaban J connectivity index is 1.58. The molecule has 0 bridgehead atoms. The fourth-order valence-electron chi connectivity index (χ4n) is 4.15. The van der Waals surface area contributed by atoms with Gasteiger partial charge in [-0.25, -0.2) is 4.98 Å². The number of carbonyl (C=O) groups is 1. The van der Waals surface area contributed by atoms with Crippen LogP contribution in [0.4, 0.5) is 0 Å². The SMILES string of the molecule is CC(C)n1ccnc1C1CCN(C(=O)[C@@H]2CCC[C@H](N)C2)CC1. The first-order valence-corrected chi connectivity index (χ1v) is 9.13. The molecule has 1 aromatic heterocycles. The number of carbonyl (C=O) groups excluding carboxylic acids is 1. The molecule has 5 nitrogen and oxygen atoms in total. The summed E-state index contributed by atoms with van der Waals surface area (Å²) in [4.78, 5) is 19.4. The second-order valence-corrected chi connectivity index (χ2v) is 7.51. The molecular weight excluding hydrogens is 288 g/mol.